The van der Waals surface area contributed by atoms with E-state index in [1.165, 1.54) is 6.92 Å². The van der Waals surface area contributed by atoms with Crippen LogP contribution in [0.5, 0.6) is 0 Å². The Morgan fingerprint density at radius 2 is 2.24 bits per heavy atom. The third kappa shape index (κ3) is 4.73. The van der Waals surface area contributed by atoms with Crippen LogP contribution in [0.15, 0.2) is 0 Å². The Morgan fingerprint density at radius 1 is 1.53 bits per heavy atom. The van der Waals surface area contributed by atoms with Crippen molar-refractivity contribution in [1.82, 2.24) is 10.2 Å². The first-order valence-electron chi connectivity index (χ1n) is 6.22. The van der Waals surface area contributed by atoms with Crippen molar-refractivity contribution >= 4 is 11.8 Å². The highest BCUT2D eigenvalue weighted by Gasteiger charge is 2.26. The molecule has 1 heterocycles. The lowest BCUT2D eigenvalue weighted by Gasteiger charge is -2.31. The van der Waals surface area contributed by atoms with E-state index in [9.17, 15) is 9.59 Å². The third-order valence-corrected chi connectivity index (χ3v) is 3.10. The first kappa shape index (κ1) is 14.0. The van der Waals surface area contributed by atoms with Gasteiger partial charge in [-0.1, -0.05) is 0 Å². The zero-order valence-corrected chi connectivity index (χ0v) is 10.6. The van der Waals surface area contributed by atoms with Gasteiger partial charge in [0.05, 0.1) is 12.0 Å². The van der Waals surface area contributed by atoms with Crippen molar-refractivity contribution < 1.29 is 14.7 Å². The summed E-state index contributed by atoms with van der Waals surface area (Å²) in [6.07, 6.45) is 1.89. The van der Waals surface area contributed by atoms with Gasteiger partial charge in [-0.15, -0.1) is 0 Å². The van der Waals surface area contributed by atoms with Crippen LogP contribution >= 0.6 is 0 Å². The first-order valence-corrected chi connectivity index (χ1v) is 6.22. The minimum atomic E-state index is -0.393. The van der Waals surface area contributed by atoms with E-state index in [0.29, 0.717) is 19.5 Å². The van der Waals surface area contributed by atoms with Crippen molar-refractivity contribution in [3.05, 3.63) is 0 Å². The number of amides is 2. The standard InChI is InChI=1S/C12H22N2O3/c1-9(15)5-6-13-12(17)11-4-3-7-14(8-11)10(2)16/h9,11,15H,3-8H2,1-2H3,(H,13,17). The summed E-state index contributed by atoms with van der Waals surface area (Å²) in [5.74, 6) is -0.0651. The highest BCUT2D eigenvalue weighted by Crippen LogP contribution is 2.16. The first-order chi connectivity index (χ1) is 8.00. The van der Waals surface area contributed by atoms with Gasteiger partial charge in [0.25, 0.3) is 0 Å². The van der Waals surface area contributed by atoms with Gasteiger partial charge in [-0.25, -0.2) is 0 Å². The molecule has 2 atom stereocenters. The Bertz CT molecular complexity index is 279. The monoisotopic (exact) mass is 242 g/mol. The molecule has 0 aromatic carbocycles. The number of nitrogens with zero attached hydrogens (tertiary/aromatic N) is 1. The van der Waals surface area contributed by atoms with Crippen LogP contribution in [-0.2, 0) is 9.59 Å². The van der Waals surface area contributed by atoms with Crippen LogP contribution in [0.4, 0.5) is 0 Å². The molecule has 0 spiro atoms. The van der Waals surface area contributed by atoms with Gasteiger partial charge in [0, 0.05) is 26.6 Å². The number of nitrogens with one attached hydrogen (secondary N) is 1. The van der Waals surface area contributed by atoms with Gasteiger partial charge < -0.3 is 15.3 Å². The second kappa shape index (κ2) is 6.59. The number of carbonyl (C=O) groups excluding carboxylic acids is 2. The van der Waals surface area contributed by atoms with E-state index >= 15 is 0 Å². The largest absolute Gasteiger partial charge is 0.393 e. The Morgan fingerprint density at radius 3 is 2.82 bits per heavy atom. The van der Waals surface area contributed by atoms with Gasteiger partial charge >= 0.3 is 0 Å². The SMILES string of the molecule is CC(=O)N1CCCC(C(=O)NCCC(C)O)C1. The molecular weight excluding hydrogens is 220 g/mol. The van der Waals surface area contributed by atoms with E-state index in [2.05, 4.69) is 5.32 Å². The molecule has 98 valence electrons. The highest BCUT2D eigenvalue weighted by atomic mass is 16.3. The van der Waals surface area contributed by atoms with Crippen molar-refractivity contribution in [2.24, 2.45) is 5.92 Å². The lowest BCUT2D eigenvalue weighted by Crippen LogP contribution is -2.45. The number of likely N-dealkylation sites (tertiary alicyclic amines) is 1. The lowest BCUT2D eigenvalue weighted by atomic mass is 9.97. The second-order valence-electron chi connectivity index (χ2n) is 4.73. The van der Waals surface area contributed by atoms with Crippen molar-refractivity contribution in [3.63, 3.8) is 0 Å². The molecule has 0 radical (unpaired) electrons. The van der Waals surface area contributed by atoms with Crippen LogP contribution in [0, 0.1) is 5.92 Å². The fourth-order valence-electron chi connectivity index (χ4n) is 2.03. The van der Waals surface area contributed by atoms with Crippen LogP contribution < -0.4 is 5.32 Å². The summed E-state index contributed by atoms with van der Waals surface area (Å²) in [7, 11) is 0. The van der Waals surface area contributed by atoms with Crippen molar-refractivity contribution in [2.75, 3.05) is 19.6 Å². The van der Waals surface area contributed by atoms with Gasteiger partial charge in [0.1, 0.15) is 0 Å². The van der Waals surface area contributed by atoms with Crippen LogP contribution in [0.2, 0.25) is 0 Å². The smallest absolute Gasteiger partial charge is 0.224 e. The molecule has 2 N–H and O–H groups in total. The summed E-state index contributed by atoms with van der Waals surface area (Å²) < 4.78 is 0. The predicted octanol–water partition coefficient (Wildman–Crippen LogP) is 0.132. The molecule has 1 aliphatic heterocycles. The molecule has 0 aromatic heterocycles. The molecule has 0 aliphatic carbocycles. The Labute approximate surface area is 102 Å². The predicted molar refractivity (Wildman–Crippen MR) is 64.3 cm³/mol. The third-order valence-electron chi connectivity index (χ3n) is 3.10. The summed E-state index contributed by atoms with van der Waals surface area (Å²) >= 11 is 0. The molecule has 1 rings (SSSR count). The molecular formula is C12H22N2O3. The summed E-state index contributed by atoms with van der Waals surface area (Å²) in [6.45, 7) is 5.01. The Balaban J connectivity index is 2.33. The fourth-order valence-corrected chi connectivity index (χ4v) is 2.03. The Kier molecular flexibility index (Phi) is 5.41. The molecule has 17 heavy (non-hydrogen) atoms. The molecule has 0 aromatic rings. The molecule has 1 fully saturated rings. The maximum absolute atomic E-state index is 11.8. The quantitative estimate of drug-likeness (QED) is 0.736. The van der Waals surface area contributed by atoms with E-state index in [4.69, 9.17) is 5.11 Å². The second-order valence-corrected chi connectivity index (χ2v) is 4.73. The molecule has 0 bridgehead atoms. The Hall–Kier alpha value is -1.10. The van der Waals surface area contributed by atoms with E-state index in [1.54, 1.807) is 11.8 Å². The molecule has 0 saturated carbocycles. The maximum Gasteiger partial charge on any atom is 0.224 e. The number of carbonyl (C=O) groups is 2. The molecule has 1 saturated heterocycles. The summed E-state index contributed by atoms with van der Waals surface area (Å²) in [4.78, 5) is 24.8. The topological polar surface area (TPSA) is 69.6 Å². The number of piperidine rings is 1. The van der Waals surface area contributed by atoms with E-state index in [-0.39, 0.29) is 17.7 Å². The lowest BCUT2D eigenvalue weighted by molar-refractivity contribution is -0.133. The fraction of sp³-hybridized carbons (Fsp3) is 0.833. The number of hydrogen-bond donors (Lipinski definition) is 2. The summed E-state index contributed by atoms with van der Waals surface area (Å²) in [5, 5.41) is 11.9. The van der Waals surface area contributed by atoms with Crippen molar-refractivity contribution in [1.29, 1.82) is 0 Å². The van der Waals surface area contributed by atoms with E-state index in [1.807, 2.05) is 0 Å². The van der Waals surface area contributed by atoms with Crippen molar-refractivity contribution in [2.45, 2.75) is 39.2 Å². The number of aliphatic hydroxyl groups is 1. The highest BCUT2D eigenvalue weighted by molar-refractivity contribution is 5.80. The number of hydrogen-bond acceptors (Lipinski definition) is 3. The molecule has 2 unspecified atom stereocenters. The normalized spacial score (nSPS) is 22.1. The van der Waals surface area contributed by atoms with Gasteiger partial charge in [-0.2, -0.15) is 0 Å². The van der Waals surface area contributed by atoms with Crippen LogP contribution in [0.25, 0.3) is 0 Å². The average Bonchev–Trinajstić information content (AvgIpc) is 2.28. The van der Waals surface area contributed by atoms with Gasteiger partial charge in [0.15, 0.2) is 0 Å². The minimum Gasteiger partial charge on any atom is -0.393 e. The minimum absolute atomic E-state index is 0.00315. The van der Waals surface area contributed by atoms with Crippen LogP contribution in [0.3, 0.4) is 0 Å². The van der Waals surface area contributed by atoms with Crippen LogP contribution in [-0.4, -0.2) is 47.6 Å². The molecule has 5 heteroatoms. The van der Waals surface area contributed by atoms with Crippen molar-refractivity contribution in [3.8, 4) is 0 Å². The number of aliphatic hydroxyl groups excluding tert-OH is 1. The number of rotatable bonds is 4. The van der Waals surface area contributed by atoms with Gasteiger partial charge in [0.2, 0.25) is 11.8 Å². The van der Waals surface area contributed by atoms with Crippen LogP contribution in [0.1, 0.15) is 33.1 Å². The average molecular weight is 242 g/mol. The van der Waals surface area contributed by atoms with E-state index in [0.717, 1.165) is 19.4 Å². The zero-order chi connectivity index (χ0) is 12.8. The summed E-state index contributed by atoms with van der Waals surface area (Å²) in [5.41, 5.74) is 0. The molecule has 1 aliphatic rings. The molecule has 5 nitrogen and oxygen atoms in total. The zero-order valence-electron chi connectivity index (χ0n) is 10.6. The molecule has 2 amide bonds. The van der Waals surface area contributed by atoms with E-state index < -0.39 is 6.10 Å². The van der Waals surface area contributed by atoms with Gasteiger partial charge in [-0.05, 0) is 26.2 Å². The maximum atomic E-state index is 11.8. The van der Waals surface area contributed by atoms with Gasteiger partial charge in [-0.3, -0.25) is 9.59 Å². The summed E-state index contributed by atoms with van der Waals surface area (Å²) in [6, 6.07) is 0.